The van der Waals surface area contributed by atoms with Crippen molar-refractivity contribution in [2.24, 2.45) is 5.92 Å². The second-order valence-corrected chi connectivity index (χ2v) is 4.73. The first-order valence-corrected chi connectivity index (χ1v) is 6.29. The second-order valence-electron chi connectivity index (χ2n) is 4.73. The Hall–Kier alpha value is -1.10. The van der Waals surface area contributed by atoms with Crippen LogP contribution in [0.1, 0.15) is 26.7 Å². The minimum absolute atomic E-state index is 0.0131. The standard InChI is InChI=1S/C12H23N3O2/c1-4-9(2)15(3)6-5-13-12(17)10-7-11(16)14-8-10/h9-10H,4-8H2,1-3H3,(H,13,17)(H,14,16). The molecule has 0 radical (unpaired) electrons. The number of hydrogen-bond donors (Lipinski definition) is 2. The summed E-state index contributed by atoms with van der Waals surface area (Å²) in [6, 6.07) is 0.529. The van der Waals surface area contributed by atoms with E-state index in [1.54, 1.807) is 0 Å². The van der Waals surface area contributed by atoms with Gasteiger partial charge in [0.15, 0.2) is 0 Å². The molecule has 2 unspecified atom stereocenters. The number of carbonyl (C=O) groups excluding carboxylic acids is 2. The van der Waals surface area contributed by atoms with Crippen molar-refractivity contribution in [1.29, 1.82) is 0 Å². The van der Waals surface area contributed by atoms with Crippen LogP contribution in [0.25, 0.3) is 0 Å². The van der Waals surface area contributed by atoms with Gasteiger partial charge in [0.2, 0.25) is 11.8 Å². The van der Waals surface area contributed by atoms with E-state index >= 15 is 0 Å². The van der Waals surface area contributed by atoms with Crippen molar-refractivity contribution in [3.05, 3.63) is 0 Å². The van der Waals surface area contributed by atoms with E-state index < -0.39 is 0 Å². The molecule has 5 heteroatoms. The Kier molecular flexibility index (Phi) is 5.41. The molecule has 0 aliphatic carbocycles. The zero-order valence-electron chi connectivity index (χ0n) is 11.0. The Balaban J connectivity index is 2.18. The fraction of sp³-hybridized carbons (Fsp3) is 0.833. The largest absolute Gasteiger partial charge is 0.355 e. The quantitative estimate of drug-likeness (QED) is 0.686. The highest BCUT2D eigenvalue weighted by atomic mass is 16.2. The molecule has 2 amide bonds. The Morgan fingerprint density at radius 1 is 1.65 bits per heavy atom. The molecule has 0 aromatic heterocycles. The molecule has 1 rings (SSSR count). The van der Waals surface area contributed by atoms with Crippen LogP contribution in [0.15, 0.2) is 0 Å². The lowest BCUT2D eigenvalue weighted by molar-refractivity contribution is -0.126. The predicted octanol–water partition coefficient (Wildman–Crippen LogP) is -0.0310. The second kappa shape index (κ2) is 6.59. The molecule has 1 fully saturated rings. The fourth-order valence-electron chi connectivity index (χ4n) is 1.82. The average molecular weight is 241 g/mol. The number of likely N-dealkylation sites (N-methyl/N-ethyl adjacent to an activating group) is 1. The summed E-state index contributed by atoms with van der Waals surface area (Å²) in [4.78, 5) is 24.9. The third-order valence-corrected chi connectivity index (χ3v) is 3.46. The van der Waals surface area contributed by atoms with Gasteiger partial charge in [-0.3, -0.25) is 9.59 Å². The van der Waals surface area contributed by atoms with Crippen LogP contribution in [-0.2, 0) is 9.59 Å². The zero-order chi connectivity index (χ0) is 12.8. The number of carbonyl (C=O) groups is 2. The number of rotatable bonds is 6. The van der Waals surface area contributed by atoms with E-state index in [0.29, 0.717) is 25.6 Å². The molecule has 0 saturated carbocycles. The van der Waals surface area contributed by atoms with Gasteiger partial charge >= 0.3 is 0 Å². The molecule has 1 heterocycles. The van der Waals surface area contributed by atoms with Crippen LogP contribution < -0.4 is 10.6 Å². The van der Waals surface area contributed by atoms with E-state index in [9.17, 15) is 9.59 Å². The van der Waals surface area contributed by atoms with Crippen molar-refractivity contribution in [3.8, 4) is 0 Å². The van der Waals surface area contributed by atoms with Crippen molar-refractivity contribution in [2.45, 2.75) is 32.7 Å². The van der Waals surface area contributed by atoms with Crippen molar-refractivity contribution < 1.29 is 9.59 Å². The monoisotopic (exact) mass is 241 g/mol. The Morgan fingerprint density at radius 2 is 2.35 bits per heavy atom. The number of nitrogens with one attached hydrogen (secondary N) is 2. The molecule has 2 atom stereocenters. The SMILES string of the molecule is CCC(C)N(C)CCNC(=O)C1CNC(=O)C1. The summed E-state index contributed by atoms with van der Waals surface area (Å²) in [5.74, 6) is -0.223. The van der Waals surface area contributed by atoms with Gasteiger partial charge in [-0.25, -0.2) is 0 Å². The lowest BCUT2D eigenvalue weighted by Crippen LogP contribution is -2.39. The Bertz CT molecular complexity index is 281. The molecule has 1 saturated heterocycles. The molecule has 1 aliphatic heterocycles. The molecule has 0 aromatic carbocycles. The Morgan fingerprint density at radius 3 is 2.88 bits per heavy atom. The van der Waals surface area contributed by atoms with Crippen LogP contribution in [0.2, 0.25) is 0 Å². The van der Waals surface area contributed by atoms with Gasteiger partial charge in [-0.1, -0.05) is 6.92 Å². The van der Waals surface area contributed by atoms with Gasteiger partial charge in [0.25, 0.3) is 0 Å². The highest BCUT2D eigenvalue weighted by molar-refractivity contribution is 5.89. The van der Waals surface area contributed by atoms with Gasteiger partial charge < -0.3 is 15.5 Å². The highest BCUT2D eigenvalue weighted by Crippen LogP contribution is 2.08. The molecular formula is C12H23N3O2. The summed E-state index contributed by atoms with van der Waals surface area (Å²) in [7, 11) is 2.06. The van der Waals surface area contributed by atoms with E-state index in [-0.39, 0.29) is 17.7 Å². The van der Waals surface area contributed by atoms with Gasteiger partial charge in [-0.05, 0) is 20.4 Å². The molecule has 98 valence electrons. The molecule has 2 N–H and O–H groups in total. The third-order valence-electron chi connectivity index (χ3n) is 3.46. The maximum atomic E-state index is 11.7. The molecule has 5 nitrogen and oxygen atoms in total. The Labute approximate surface area is 103 Å². The van der Waals surface area contributed by atoms with Crippen molar-refractivity contribution >= 4 is 11.8 Å². The fourth-order valence-corrected chi connectivity index (χ4v) is 1.82. The molecular weight excluding hydrogens is 218 g/mol. The molecule has 0 bridgehead atoms. The zero-order valence-corrected chi connectivity index (χ0v) is 11.0. The highest BCUT2D eigenvalue weighted by Gasteiger charge is 2.27. The summed E-state index contributed by atoms with van der Waals surface area (Å²) < 4.78 is 0. The van der Waals surface area contributed by atoms with Crippen LogP contribution in [0.3, 0.4) is 0 Å². The van der Waals surface area contributed by atoms with E-state index in [2.05, 4.69) is 36.4 Å². The van der Waals surface area contributed by atoms with Crippen LogP contribution >= 0.6 is 0 Å². The summed E-state index contributed by atoms with van der Waals surface area (Å²) in [6.07, 6.45) is 1.43. The van der Waals surface area contributed by atoms with Gasteiger partial charge in [0.1, 0.15) is 0 Å². The smallest absolute Gasteiger partial charge is 0.225 e. The van der Waals surface area contributed by atoms with Gasteiger partial charge in [-0.15, -0.1) is 0 Å². The van der Waals surface area contributed by atoms with E-state index in [1.807, 2.05) is 0 Å². The van der Waals surface area contributed by atoms with Crippen molar-refractivity contribution in [3.63, 3.8) is 0 Å². The van der Waals surface area contributed by atoms with Crippen LogP contribution in [-0.4, -0.2) is 49.4 Å². The summed E-state index contributed by atoms with van der Waals surface area (Å²) in [5.41, 5.74) is 0. The van der Waals surface area contributed by atoms with Crippen molar-refractivity contribution in [2.75, 3.05) is 26.7 Å². The summed E-state index contributed by atoms with van der Waals surface area (Å²) in [5, 5.41) is 5.55. The van der Waals surface area contributed by atoms with E-state index in [1.165, 1.54) is 0 Å². The van der Waals surface area contributed by atoms with Crippen LogP contribution in [0, 0.1) is 5.92 Å². The van der Waals surface area contributed by atoms with Crippen LogP contribution in [0.4, 0.5) is 0 Å². The first-order chi connectivity index (χ1) is 8.04. The van der Waals surface area contributed by atoms with Gasteiger partial charge in [-0.2, -0.15) is 0 Å². The minimum Gasteiger partial charge on any atom is -0.355 e. The number of amides is 2. The first-order valence-electron chi connectivity index (χ1n) is 6.29. The summed E-state index contributed by atoms with van der Waals surface area (Å²) in [6.45, 7) is 6.28. The minimum atomic E-state index is -0.184. The number of nitrogens with zero attached hydrogens (tertiary/aromatic N) is 1. The maximum Gasteiger partial charge on any atom is 0.225 e. The number of hydrogen-bond acceptors (Lipinski definition) is 3. The molecule has 1 aliphatic rings. The molecule has 0 aromatic rings. The lowest BCUT2D eigenvalue weighted by Gasteiger charge is -2.23. The van der Waals surface area contributed by atoms with Gasteiger partial charge in [0.05, 0.1) is 5.92 Å². The summed E-state index contributed by atoms with van der Waals surface area (Å²) >= 11 is 0. The van der Waals surface area contributed by atoms with Crippen molar-refractivity contribution in [1.82, 2.24) is 15.5 Å². The van der Waals surface area contributed by atoms with E-state index in [4.69, 9.17) is 0 Å². The maximum absolute atomic E-state index is 11.7. The molecule has 0 spiro atoms. The first kappa shape index (κ1) is 14.0. The van der Waals surface area contributed by atoms with E-state index in [0.717, 1.165) is 13.0 Å². The topological polar surface area (TPSA) is 61.4 Å². The van der Waals surface area contributed by atoms with Gasteiger partial charge in [0, 0.05) is 32.1 Å². The molecule has 17 heavy (non-hydrogen) atoms. The third kappa shape index (κ3) is 4.34. The average Bonchev–Trinajstić information content (AvgIpc) is 2.74. The van der Waals surface area contributed by atoms with Crippen LogP contribution in [0.5, 0.6) is 0 Å². The normalized spacial score (nSPS) is 21.4. The lowest BCUT2D eigenvalue weighted by atomic mass is 10.1. The predicted molar refractivity (Wildman–Crippen MR) is 66.5 cm³/mol.